The van der Waals surface area contributed by atoms with Gasteiger partial charge in [-0.2, -0.15) is 0 Å². The minimum Gasteiger partial charge on any atom is -0.495 e. The number of ether oxygens (including phenoxy) is 2. The van der Waals surface area contributed by atoms with Crippen LogP contribution in [0.1, 0.15) is 12.5 Å². The lowest BCUT2D eigenvalue weighted by atomic mass is 10.1. The number of benzene rings is 2. The Labute approximate surface area is 178 Å². The van der Waals surface area contributed by atoms with Crippen LogP contribution in [0.5, 0.6) is 11.5 Å². The third-order valence-electron chi connectivity index (χ3n) is 3.74. The molecule has 2 aromatic carbocycles. The number of hydrogen-bond acceptors (Lipinski definition) is 5. The van der Waals surface area contributed by atoms with Crippen molar-refractivity contribution >= 4 is 65.0 Å². The number of thiol groups is 1. The SMILES string of the molecule is COc1cc(OC)c(NC(=O)N(S)c2cc(C)c(NC(C)=O)cc2Cl)cc1Cl. The number of anilines is 3. The van der Waals surface area contributed by atoms with Gasteiger partial charge in [0.05, 0.1) is 35.6 Å². The van der Waals surface area contributed by atoms with Gasteiger partial charge in [0, 0.05) is 18.7 Å². The van der Waals surface area contributed by atoms with E-state index >= 15 is 0 Å². The summed E-state index contributed by atoms with van der Waals surface area (Å²) in [5, 5.41) is 5.87. The van der Waals surface area contributed by atoms with Crippen LogP contribution in [0.4, 0.5) is 21.9 Å². The van der Waals surface area contributed by atoms with Gasteiger partial charge in [-0.15, -0.1) is 0 Å². The highest BCUT2D eigenvalue weighted by Crippen LogP contribution is 2.37. The first kappa shape index (κ1) is 22.0. The van der Waals surface area contributed by atoms with Crippen LogP contribution in [-0.2, 0) is 4.79 Å². The third-order valence-corrected chi connectivity index (χ3v) is 4.74. The van der Waals surface area contributed by atoms with Crippen LogP contribution in [-0.4, -0.2) is 26.2 Å². The lowest BCUT2D eigenvalue weighted by Gasteiger charge is -2.21. The normalized spacial score (nSPS) is 10.2. The Bertz CT molecular complexity index is 924. The maximum Gasteiger partial charge on any atom is 0.336 e. The zero-order valence-corrected chi connectivity index (χ0v) is 18.0. The molecule has 0 saturated heterocycles. The summed E-state index contributed by atoms with van der Waals surface area (Å²) in [6, 6.07) is 5.66. The molecule has 0 aromatic heterocycles. The van der Waals surface area contributed by atoms with Crippen LogP contribution >= 0.6 is 36.0 Å². The number of aryl methyl sites for hydroxylation is 1. The van der Waals surface area contributed by atoms with Gasteiger partial charge in [0.25, 0.3) is 0 Å². The fraction of sp³-hybridized carbons (Fsp3) is 0.222. The van der Waals surface area contributed by atoms with Gasteiger partial charge in [-0.05, 0) is 30.7 Å². The zero-order valence-electron chi connectivity index (χ0n) is 15.6. The van der Waals surface area contributed by atoms with Crippen molar-refractivity contribution < 1.29 is 19.1 Å². The Kier molecular flexibility index (Phi) is 7.29. The number of halogens is 2. The molecule has 0 aliphatic rings. The quantitative estimate of drug-likeness (QED) is 0.557. The van der Waals surface area contributed by atoms with E-state index in [1.807, 2.05) is 0 Å². The number of urea groups is 1. The first-order valence-electron chi connectivity index (χ1n) is 7.97. The fourth-order valence-corrected chi connectivity index (χ4v) is 3.15. The number of carbonyl (C=O) groups excluding carboxylic acids is 2. The molecule has 2 rings (SSSR count). The summed E-state index contributed by atoms with van der Waals surface area (Å²) >= 11 is 16.6. The molecule has 150 valence electrons. The number of nitrogens with zero attached hydrogens (tertiary/aromatic N) is 1. The monoisotopic (exact) mass is 443 g/mol. The van der Waals surface area contributed by atoms with E-state index in [0.717, 1.165) is 4.31 Å². The molecule has 0 radical (unpaired) electrons. The second-order valence-electron chi connectivity index (χ2n) is 5.73. The van der Waals surface area contributed by atoms with Gasteiger partial charge in [-0.25, -0.2) is 9.10 Å². The number of rotatable bonds is 5. The van der Waals surface area contributed by atoms with Gasteiger partial charge < -0.3 is 20.1 Å². The Morgan fingerprint density at radius 1 is 0.964 bits per heavy atom. The topological polar surface area (TPSA) is 79.9 Å². The standard InChI is InChI=1S/C18H19Cl2N3O4S/c1-9-5-15(11(19)6-13(9)21-10(2)24)23(28)18(25)22-14-7-12(20)16(26-3)8-17(14)27-4/h5-8,28H,1-4H3,(H,21,24)(H,22,25). The molecule has 0 unspecified atom stereocenters. The Hall–Kier alpha value is -2.29. The molecule has 0 aliphatic heterocycles. The fourth-order valence-electron chi connectivity index (χ4n) is 2.39. The summed E-state index contributed by atoms with van der Waals surface area (Å²) in [5.74, 6) is 0.543. The molecule has 2 N–H and O–H groups in total. The Morgan fingerprint density at radius 2 is 1.57 bits per heavy atom. The van der Waals surface area contributed by atoms with Crippen LogP contribution in [0.2, 0.25) is 10.0 Å². The predicted octanol–water partition coefficient (Wildman–Crippen LogP) is 5.16. The largest absolute Gasteiger partial charge is 0.495 e. The van der Waals surface area contributed by atoms with Gasteiger partial charge in [0.1, 0.15) is 11.5 Å². The van der Waals surface area contributed by atoms with E-state index < -0.39 is 6.03 Å². The highest BCUT2D eigenvalue weighted by Gasteiger charge is 2.20. The maximum absolute atomic E-state index is 12.7. The van der Waals surface area contributed by atoms with Crippen LogP contribution in [0.25, 0.3) is 0 Å². The molecular weight excluding hydrogens is 425 g/mol. The van der Waals surface area contributed by atoms with Crippen molar-refractivity contribution in [2.24, 2.45) is 0 Å². The van der Waals surface area contributed by atoms with E-state index in [1.54, 1.807) is 25.1 Å². The van der Waals surface area contributed by atoms with E-state index in [0.29, 0.717) is 39.1 Å². The molecule has 0 atom stereocenters. The summed E-state index contributed by atoms with van der Waals surface area (Å²) in [5.41, 5.74) is 1.94. The Balaban J connectivity index is 2.29. The summed E-state index contributed by atoms with van der Waals surface area (Å²) in [7, 11) is 2.93. The van der Waals surface area contributed by atoms with Crippen molar-refractivity contribution in [3.05, 3.63) is 39.9 Å². The lowest BCUT2D eigenvalue weighted by molar-refractivity contribution is -0.114. The molecule has 0 heterocycles. The average Bonchev–Trinajstić information content (AvgIpc) is 2.63. The highest BCUT2D eigenvalue weighted by molar-refractivity contribution is 7.82. The highest BCUT2D eigenvalue weighted by atomic mass is 35.5. The predicted molar refractivity (Wildman–Crippen MR) is 116 cm³/mol. The van der Waals surface area contributed by atoms with E-state index in [1.165, 1.54) is 27.2 Å². The van der Waals surface area contributed by atoms with Gasteiger partial charge in [0.2, 0.25) is 5.91 Å². The maximum atomic E-state index is 12.7. The molecule has 2 aromatic rings. The molecule has 7 nitrogen and oxygen atoms in total. The van der Waals surface area contributed by atoms with Crippen LogP contribution in [0, 0.1) is 6.92 Å². The number of amides is 3. The van der Waals surface area contributed by atoms with Crippen LogP contribution in [0.15, 0.2) is 24.3 Å². The molecule has 0 aliphatic carbocycles. The third kappa shape index (κ3) is 4.95. The Morgan fingerprint density at radius 3 is 2.14 bits per heavy atom. The van der Waals surface area contributed by atoms with Gasteiger partial charge in [-0.3, -0.25) is 4.79 Å². The first-order valence-corrected chi connectivity index (χ1v) is 9.12. The van der Waals surface area contributed by atoms with Crippen molar-refractivity contribution in [1.82, 2.24) is 0 Å². The molecule has 3 amide bonds. The average molecular weight is 444 g/mol. The van der Waals surface area contributed by atoms with Crippen LogP contribution < -0.4 is 24.4 Å². The minimum absolute atomic E-state index is 0.226. The van der Waals surface area contributed by atoms with E-state index in [-0.39, 0.29) is 10.9 Å². The van der Waals surface area contributed by atoms with E-state index in [2.05, 4.69) is 23.4 Å². The number of methoxy groups -OCH3 is 2. The molecule has 10 heteroatoms. The van der Waals surface area contributed by atoms with Crippen molar-refractivity contribution in [3.63, 3.8) is 0 Å². The van der Waals surface area contributed by atoms with E-state index in [9.17, 15) is 9.59 Å². The molecule has 0 spiro atoms. The molecule has 0 bridgehead atoms. The second-order valence-corrected chi connectivity index (χ2v) is 6.94. The van der Waals surface area contributed by atoms with Crippen molar-refractivity contribution in [2.75, 3.05) is 29.2 Å². The molecular formula is C18H19Cl2N3O4S. The van der Waals surface area contributed by atoms with Crippen molar-refractivity contribution in [1.29, 1.82) is 0 Å². The number of hydrogen-bond donors (Lipinski definition) is 3. The second kappa shape index (κ2) is 9.27. The lowest BCUT2D eigenvalue weighted by Crippen LogP contribution is -2.27. The molecule has 0 fully saturated rings. The summed E-state index contributed by atoms with van der Waals surface area (Å²) < 4.78 is 11.4. The first-order chi connectivity index (χ1) is 13.2. The van der Waals surface area contributed by atoms with E-state index in [4.69, 9.17) is 32.7 Å². The van der Waals surface area contributed by atoms with Crippen LogP contribution in [0.3, 0.4) is 0 Å². The van der Waals surface area contributed by atoms with Crippen molar-refractivity contribution in [3.8, 4) is 11.5 Å². The summed E-state index contributed by atoms with van der Waals surface area (Å²) in [4.78, 5) is 23.9. The van der Waals surface area contributed by atoms with Gasteiger partial charge in [0.15, 0.2) is 0 Å². The summed E-state index contributed by atoms with van der Waals surface area (Å²) in [6.07, 6.45) is 0. The van der Waals surface area contributed by atoms with Gasteiger partial charge >= 0.3 is 6.03 Å². The number of carbonyl (C=O) groups is 2. The molecule has 0 saturated carbocycles. The smallest absolute Gasteiger partial charge is 0.336 e. The minimum atomic E-state index is -0.587. The zero-order chi connectivity index (χ0) is 21.0. The van der Waals surface area contributed by atoms with Gasteiger partial charge in [-0.1, -0.05) is 36.0 Å². The summed E-state index contributed by atoms with van der Waals surface area (Å²) in [6.45, 7) is 3.17. The molecule has 28 heavy (non-hydrogen) atoms. The van der Waals surface area contributed by atoms with Crippen molar-refractivity contribution in [2.45, 2.75) is 13.8 Å². The number of nitrogens with one attached hydrogen (secondary N) is 2.